The van der Waals surface area contributed by atoms with Crippen molar-refractivity contribution in [2.75, 3.05) is 18.2 Å². The molecule has 2 N–H and O–H groups in total. The highest BCUT2D eigenvalue weighted by Crippen LogP contribution is 2.38. The Morgan fingerprint density at radius 3 is 2.76 bits per heavy atom. The minimum atomic E-state index is -0.259. The highest BCUT2D eigenvalue weighted by atomic mass is 35.5. The standard InChI is InChI=1S/C27H25ClN4O4S2/c1-35-20-12-11-17(28)13-19(20)25-31-32-27(36-25)37-15-22(33)30-26-23(18-9-5-6-10-21(18)38-26)24(34)29-14-16-7-3-2-4-8-16/h2-4,7-8,11-13H,5-6,9-10,14-15H2,1H3,(H,29,34)(H,30,33). The fraction of sp³-hybridized carbons (Fsp3) is 0.259. The van der Waals surface area contributed by atoms with Gasteiger partial charge in [0.25, 0.3) is 17.0 Å². The molecule has 0 bridgehead atoms. The molecule has 0 unspecified atom stereocenters. The van der Waals surface area contributed by atoms with Crippen molar-refractivity contribution in [2.45, 2.75) is 37.5 Å². The number of rotatable bonds is 9. The number of halogens is 1. The number of nitrogens with one attached hydrogen (secondary N) is 2. The maximum atomic E-state index is 13.2. The molecular formula is C27H25ClN4O4S2. The lowest BCUT2D eigenvalue weighted by atomic mass is 9.95. The van der Waals surface area contributed by atoms with E-state index in [0.29, 0.717) is 33.4 Å². The molecule has 1 aliphatic rings. The zero-order chi connectivity index (χ0) is 26.5. The summed E-state index contributed by atoms with van der Waals surface area (Å²) in [7, 11) is 1.54. The molecule has 196 valence electrons. The van der Waals surface area contributed by atoms with E-state index in [9.17, 15) is 9.59 Å². The Kier molecular flexibility index (Phi) is 8.31. The van der Waals surface area contributed by atoms with Crippen molar-refractivity contribution in [3.8, 4) is 17.2 Å². The van der Waals surface area contributed by atoms with Gasteiger partial charge in [-0.15, -0.1) is 21.5 Å². The summed E-state index contributed by atoms with van der Waals surface area (Å²) >= 11 is 8.71. The first-order valence-corrected chi connectivity index (χ1v) is 14.3. The molecule has 2 heterocycles. The topological polar surface area (TPSA) is 106 Å². The van der Waals surface area contributed by atoms with E-state index in [-0.39, 0.29) is 28.7 Å². The van der Waals surface area contributed by atoms with E-state index in [2.05, 4.69) is 20.8 Å². The van der Waals surface area contributed by atoms with Crippen LogP contribution in [0.5, 0.6) is 5.75 Å². The number of carbonyl (C=O) groups excluding carboxylic acids is 2. The van der Waals surface area contributed by atoms with Crippen LogP contribution in [0.3, 0.4) is 0 Å². The highest BCUT2D eigenvalue weighted by Gasteiger charge is 2.26. The average Bonchev–Trinajstić information content (AvgIpc) is 3.55. The fourth-order valence-corrected chi connectivity index (χ4v) is 6.31. The number of thioether (sulfide) groups is 1. The van der Waals surface area contributed by atoms with Gasteiger partial charge in [-0.3, -0.25) is 9.59 Å². The molecule has 2 amide bonds. The molecule has 0 atom stereocenters. The van der Waals surface area contributed by atoms with Crippen LogP contribution in [-0.4, -0.2) is 34.9 Å². The minimum absolute atomic E-state index is 0.0436. The molecule has 0 fully saturated rings. The molecule has 8 nitrogen and oxygen atoms in total. The lowest BCUT2D eigenvalue weighted by Crippen LogP contribution is -2.25. The maximum Gasteiger partial charge on any atom is 0.277 e. The number of aromatic nitrogens is 2. The molecule has 0 spiro atoms. The van der Waals surface area contributed by atoms with Gasteiger partial charge in [0.1, 0.15) is 10.8 Å². The minimum Gasteiger partial charge on any atom is -0.496 e. The second-order valence-electron chi connectivity index (χ2n) is 8.64. The van der Waals surface area contributed by atoms with Crippen LogP contribution >= 0.6 is 34.7 Å². The number of fused-ring (bicyclic) bond motifs is 1. The summed E-state index contributed by atoms with van der Waals surface area (Å²) < 4.78 is 11.1. The monoisotopic (exact) mass is 568 g/mol. The molecule has 2 aromatic heterocycles. The summed E-state index contributed by atoms with van der Waals surface area (Å²) in [5.74, 6) is 0.406. The fourth-order valence-electron chi connectivity index (χ4n) is 4.28. The number of hydrogen-bond donors (Lipinski definition) is 2. The van der Waals surface area contributed by atoms with Crippen molar-refractivity contribution >= 4 is 51.5 Å². The number of methoxy groups -OCH3 is 1. The quantitative estimate of drug-likeness (QED) is 0.238. The second kappa shape index (κ2) is 12.0. The molecule has 5 rings (SSSR count). The number of amides is 2. The first-order valence-electron chi connectivity index (χ1n) is 12.1. The summed E-state index contributed by atoms with van der Waals surface area (Å²) in [6.07, 6.45) is 3.87. The number of nitrogens with zero attached hydrogens (tertiary/aromatic N) is 2. The van der Waals surface area contributed by atoms with Crippen LogP contribution in [-0.2, 0) is 24.2 Å². The van der Waals surface area contributed by atoms with Gasteiger partial charge >= 0.3 is 0 Å². The van der Waals surface area contributed by atoms with Crippen LogP contribution < -0.4 is 15.4 Å². The molecule has 4 aromatic rings. The molecule has 1 aliphatic carbocycles. The van der Waals surface area contributed by atoms with Crippen LogP contribution in [0.4, 0.5) is 5.00 Å². The van der Waals surface area contributed by atoms with Crippen molar-refractivity contribution in [3.63, 3.8) is 0 Å². The van der Waals surface area contributed by atoms with E-state index in [1.165, 1.54) is 16.2 Å². The third-order valence-electron chi connectivity index (χ3n) is 6.07. The van der Waals surface area contributed by atoms with Crippen LogP contribution in [0, 0.1) is 0 Å². The van der Waals surface area contributed by atoms with Gasteiger partial charge < -0.3 is 19.8 Å². The molecule has 0 saturated heterocycles. The van der Waals surface area contributed by atoms with E-state index in [1.54, 1.807) is 25.3 Å². The van der Waals surface area contributed by atoms with E-state index in [0.717, 1.165) is 48.6 Å². The van der Waals surface area contributed by atoms with Crippen molar-refractivity contribution in [2.24, 2.45) is 0 Å². The Bertz CT molecular complexity index is 1450. The first kappa shape index (κ1) is 26.3. The smallest absolute Gasteiger partial charge is 0.277 e. The Hall–Kier alpha value is -3.34. The zero-order valence-corrected chi connectivity index (χ0v) is 23.0. The molecule has 0 radical (unpaired) electrons. The SMILES string of the molecule is COc1ccc(Cl)cc1-c1nnc(SCC(=O)Nc2sc3c(c2C(=O)NCc2ccccc2)CCCC3)o1. The summed E-state index contributed by atoms with van der Waals surface area (Å²) in [6.45, 7) is 0.421. The van der Waals surface area contributed by atoms with E-state index in [1.807, 2.05) is 30.3 Å². The second-order valence-corrected chi connectivity index (χ2v) is 11.1. The largest absolute Gasteiger partial charge is 0.496 e. The van der Waals surface area contributed by atoms with Gasteiger partial charge in [0.2, 0.25) is 5.91 Å². The van der Waals surface area contributed by atoms with Crippen LogP contribution in [0.15, 0.2) is 58.2 Å². The molecule has 2 aromatic carbocycles. The third kappa shape index (κ3) is 6.03. The summed E-state index contributed by atoms with van der Waals surface area (Å²) in [5.41, 5.74) is 3.21. The van der Waals surface area contributed by atoms with Crippen molar-refractivity contribution < 1.29 is 18.7 Å². The van der Waals surface area contributed by atoms with Crippen LogP contribution in [0.25, 0.3) is 11.5 Å². The Labute approximate surface area is 233 Å². The molecule has 0 saturated carbocycles. The van der Waals surface area contributed by atoms with Crippen molar-refractivity contribution in [1.29, 1.82) is 0 Å². The lowest BCUT2D eigenvalue weighted by molar-refractivity contribution is -0.113. The number of aryl methyl sites for hydroxylation is 1. The number of benzene rings is 2. The predicted molar refractivity (Wildman–Crippen MR) is 149 cm³/mol. The van der Waals surface area contributed by atoms with Gasteiger partial charge in [-0.05, 0) is 55.0 Å². The summed E-state index contributed by atoms with van der Waals surface area (Å²) in [5, 5.41) is 15.4. The average molecular weight is 569 g/mol. The number of ether oxygens (including phenoxy) is 1. The van der Waals surface area contributed by atoms with Gasteiger partial charge in [-0.2, -0.15) is 0 Å². The van der Waals surface area contributed by atoms with Crippen molar-refractivity contribution in [3.05, 3.63) is 75.1 Å². The number of hydrogen-bond acceptors (Lipinski definition) is 8. The van der Waals surface area contributed by atoms with Crippen LogP contribution in [0.1, 0.15) is 39.2 Å². The molecular weight excluding hydrogens is 544 g/mol. The predicted octanol–water partition coefficient (Wildman–Crippen LogP) is 6.00. The van der Waals surface area contributed by atoms with Gasteiger partial charge in [0.05, 0.1) is 24.0 Å². The zero-order valence-electron chi connectivity index (χ0n) is 20.6. The van der Waals surface area contributed by atoms with E-state index >= 15 is 0 Å². The van der Waals surface area contributed by atoms with Gasteiger partial charge in [0.15, 0.2) is 0 Å². The normalized spacial score (nSPS) is 12.6. The van der Waals surface area contributed by atoms with E-state index in [4.69, 9.17) is 20.8 Å². The third-order valence-corrected chi connectivity index (χ3v) is 8.33. The Balaban J connectivity index is 1.26. The molecule has 0 aliphatic heterocycles. The van der Waals surface area contributed by atoms with Gasteiger partial charge in [-0.25, -0.2) is 0 Å². The molecule has 11 heteroatoms. The van der Waals surface area contributed by atoms with Crippen LogP contribution in [0.2, 0.25) is 5.02 Å². The number of carbonyl (C=O) groups is 2. The van der Waals surface area contributed by atoms with Gasteiger partial charge in [-0.1, -0.05) is 53.7 Å². The highest BCUT2D eigenvalue weighted by molar-refractivity contribution is 7.99. The maximum absolute atomic E-state index is 13.2. The number of thiophene rings is 1. The first-order chi connectivity index (χ1) is 18.5. The molecule has 38 heavy (non-hydrogen) atoms. The van der Waals surface area contributed by atoms with E-state index < -0.39 is 0 Å². The summed E-state index contributed by atoms with van der Waals surface area (Å²) in [6, 6.07) is 14.9. The van der Waals surface area contributed by atoms with Gasteiger partial charge in [0, 0.05) is 16.4 Å². The lowest BCUT2D eigenvalue weighted by Gasteiger charge is -2.13. The number of anilines is 1. The summed E-state index contributed by atoms with van der Waals surface area (Å²) in [4.78, 5) is 27.3. The Morgan fingerprint density at radius 1 is 1.13 bits per heavy atom. The Morgan fingerprint density at radius 2 is 1.95 bits per heavy atom. The van der Waals surface area contributed by atoms with Crippen molar-refractivity contribution in [1.82, 2.24) is 15.5 Å².